The summed E-state index contributed by atoms with van der Waals surface area (Å²) >= 11 is 0. The van der Waals surface area contributed by atoms with Gasteiger partial charge in [-0.3, -0.25) is 4.90 Å². The molecule has 96 valence electrons. The lowest BCUT2D eigenvalue weighted by atomic mass is 10.1. The summed E-state index contributed by atoms with van der Waals surface area (Å²) in [4.78, 5) is 4.90. The molecule has 3 heteroatoms. The van der Waals surface area contributed by atoms with Gasteiger partial charge >= 0.3 is 0 Å². The van der Waals surface area contributed by atoms with E-state index in [-0.39, 0.29) is 5.82 Å². The summed E-state index contributed by atoms with van der Waals surface area (Å²) in [5.74, 6) is -0.159. The number of hydrogen-bond donors (Lipinski definition) is 0. The molecule has 1 fully saturated rings. The third-order valence-corrected chi connectivity index (χ3v) is 3.96. The van der Waals surface area contributed by atoms with Crippen LogP contribution in [-0.4, -0.2) is 37.1 Å². The van der Waals surface area contributed by atoms with Crippen molar-refractivity contribution >= 4 is 5.69 Å². The van der Waals surface area contributed by atoms with Gasteiger partial charge in [0, 0.05) is 37.9 Å². The van der Waals surface area contributed by atoms with E-state index in [4.69, 9.17) is 0 Å². The molecule has 1 unspecified atom stereocenters. The highest BCUT2D eigenvalue weighted by atomic mass is 19.1. The van der Waals surface area contributed by atoms with Crippen LogP contribution < -0.4 is 4.90 Å². The smallest absolute Gasteiger partial charge is 0.123 e. The maximum atomic E-state index is 12.9. The van der Waals surface area contributed by atoms with Gasteiger partial charge in [-0.1, -0.05) is 12.2 Å². The van der Waals surface area contributed by atoms with Crippen LogP contribution in [0, 0.1) is 5.82 Å². The van der Waals surface area contributed by atoms with E-state index in [9.17, 15) is 4.39 Å². The van der Waals surface area contributed by atoms with Crippen molar-refractivity contribution in [1.82, 2.24) is 4.90 Å². The van der Waals surface area contributed by atoms with Crippen LogP contribution in [0.3, 0.4) is 0 Å². The minimum Gasteiger partial charge on any atom is -0.369 e. The number of allylic oxidation sites excluding steroid dienone is 1. The van der Waals surface area contributed by atoms with Crippen molar-refractivity contribution in [3.63, 3.8) is 0 Å². The van der Waals surface area contributed by atoms with E-state index in [1.54, 1.807) is 12.1 Å². The third-order valence-electron chi connectivity index (χ3n) is 3.96. The molecular weight excluding hydrogens is 227 g/mol. The van der Waals surface area contributed by atoms with Crippen molar-refractivity contribution in [2.45, 2.75) is 18.9 Å². The lowest BCUT2D eigenvalue weighted by molar-refractivity contribution is 0.214. The van der Waals surface area contributed by atoms with Crippen molar-refractivity contribution in [2.75, 3.05) is 31.1 Å². The third kappa shape index (κ3) is 2.41. The predicted molar refractivity (Wildman–Crippen MR) is 72.3 cm³/mol. The van der Waals surface area contributed by atoms with Gasteiger partial charge in [0.15, 0.2) is 0 Å². The highest BCUT2D eigenvalue weighted by molar-refractivity contribution is 5.46. The Hall–Kier alpha value is -1.35. The van der Waals surface area contributed by atoms with Crippen LogP contribution in [-0.2, 0) is 0 Å². The first-order chi connectivity index (χ1) is 8.83. The Morgan fingerprint density at radius 3 is 2.33 bits per heavy atom. The second-order valence-electron chi connectivity index (χ2n) is 5.07. The normalized spacial score (nSPS) is 24.7. The second kappa shape index (κ2) is 5.11. The Balaban J connectivity index is 1.59. The first-order valence-electron chi connectivity index (χ1n) is 6.74. The first-order valence-corrected chi connectivity index (χ1v) is 6.74. The average molecular weight is 246 g/mol. The summed E-state index contributed by atoms with van der Waals surface area (Å²) in [5, 5.41) is 0. The van der Waals surface area contributed by atoms with E-state index in [1.165, 1.54) is 12.8 Å². The molecule has 18 heavy (non-hydrogen) atoms. The van der Waals surface area contributed by atoms with E-state index >= 15 is 0 Å². The first kappa shape index (κ1) is 11.7. The van der Waals surface area contributed by atoms with Crippen molar-refractivity contribution in [2.24, 2.45) is 0 Å². The molecule has 2 aliphatic rings. The Kier molecular flexibility index (Phi) is 3.33. The number of piperazine rings is 1. The molecule has 0 aromatic heterocycles. The van der Waals surface area contributed by atoms with Gasteiger partial charge < -0.3 is 4.90 Å². The second-order valence-corrected chi connectivity index (χ2v) is 5.07. The van der Waals surface area contributed by atoms with Gasteiger partial charge in [-0.15, -0.1) is 0 Å². The molecule has 1 saturated heterocycles. The van der Waals surface area contributed by atoms with Crippen LogP contribution in [0.25, 0.3) is 0 Å². The van der Waals surface area contributed by atoms with Gasteiger partial charge in [-0.05, 0) is 37.1 Å². The van der Waals surface area contributed by atoms with Crippen LogP contribution in [0.15, 0.2) is 36.4 Å². The number of benzene rings is 1. The summed E-state index contributed by atoms with van der Waals surface area (Å²) in [7, 11) is 0. The summed E-state index contributed by atoms with van der Waals surface area (Å²) in [5.41, 5.74) is 1.14. The highest BCUT2D eigenvalue weighted by Crippen LogP contribution is 2.21. The number of anilines is 1. The molecule has 3 rings (SSSR count). The van der Waals surface area contributed by atoms with Gasteiger partial charge in [0.25, 0.3) is 0 Å². The quantitative estimate of drug-likeness (QED) is 0.740. The zero-order valence-corrected chi connectivity index (χ0v) is 10.6. The van der Waals surface area contributed by atoms with Crippen molar-refractivity contribution in [1.29, 1.82) is 0 Å². The van der Waals surface area contributed by atoms with Crippen LogP contribution in [0.1, 0.15) is 12.8 Å². The molecule has 1 atom stereocenters. The monoisotopic (exact) mass is 246 g/mol. The molecule has 0 radical (unpaired) electrons. The Morgan fingerprint density at radius 2 is 1.72 bits per heavy atom. The molecule has 0 saturated carbocycles. The fourth-order valence-corrected chi connectivity index (χ4v) is 2.88. The number of halogens is 1. The zero-order chi connectivity index (χ0) is 12.4. The Morgan fingerprint density at radius 1 is 1.00 bits per heavy atom. The zero-order valence-electron chi connectivity index (χ0n) is 10.6. The molecule has 2 nitrogen and oxygen atoms in total. The largest absolute Gasteiger partial charge is 0.369 e. The van der Waals surface area contributed by atoms with Gasteiger partial charge in [0.1, 0.15) is 5.82 Å². The minimum absolute atomic E-state index is 0.159. The number of nitrogens with zero attached hydrogens (tertiary/aromatic N) is 2. The molecule has 1 heterocycles. The van der Waals surface area contributed by atoms with E-state index in [0.29, 0.717) is 6.04 Å². The van der Waals surface area contributed by atoms with Gasteiger partial charge in [0.05, 0.1) is 0 Å². The fraction of sp³-hybridized carbons (Fsp3) is 0.467. The molecule has 1 aliphatic heterocycles. The van der Waals surface area contributed by atoms with E-state index < -0.39 is 0 Å². The van der Waals surface area contributed by atoms with E-state index in [2.05, 4.69) is 22.0 Å². The van der Waals surface area contributed by atoms with Crippen molar-refractivity contribution in [3.05, 3.63) is 42.2 Å². The molecule has 0 bridgehead atoms. The highest BCUT2D eigenvalue weighted by Gasteiger charge is 2.23. The minimum atomic E-state index is -0.159. The summed E-state index contributed by atoms with van der Waals surface area (Å²) in [6.07, 6.45) is 7.13. The molecule has 0 spiro atoms. The summed E-state index contributed by atoms with van der Waals surface area (Å²) in [6, 6.07) is 7.49. The van der Waals surface area contributed by atoms with Crippen molar-refractivity contribution < 1.29 is 4.39 Å². The Labute approximate surface area is 108 Å². The van der Waals surface area contributed by atoms with Gasteiger partial charge in [-0.2, -0.15) is 0 Å². The maximum absolute atomic E-state index is 12.9. The van der Waals surface area contributed by atoms with Crippen LogP contribution >= 0.6 is 0 Å². The summed E-state index contributed by atoms with van der Waals surface area (Å²) in [6.45, 7) is 4.28. The van der Waals surface area contributed by atoms with Crippen molar-refractivity contribution in [3.8, 4) is 0 Å². The van der Waals surface area contributed by atoms with Gasteiger partial charge in [-0.25, -0.2) is 4.39 Å². The summed E-state index contributed by atoms with van der Waals surface area (Å²) < 4.78 is 12.9. The number of hydrogen-bond acceptors (Lipinski definition) is 2. The lowest BCUT2D eigenvalue weighted by Crippen LogP contribution is -2.49. The molecular formula is C15H19FN2. The van der Waals surface area contributed by atoms with Crippen LogP contribution in [0.2, 0.25) is 0 Å². The topological polar surface area (TPSA) is 6.48 Å². The van der Waals surface area contributed by atoms with Gasteiger partial charge in [0.2, 0.25) is 0 Å². The lowest BCUT2D eigenvalue weighted by Gasteiger charge is -2.38. The fourth-order valence-electron chi connectivity index (χ4n) is 2.88. The SMILES string of the molecule is Fc1ccc(N2CCN(C3C=CCC3)CC2)cc1. The molecule has 1 aliphatic carbocycles. The standard InChI is InChI=1S/C15H19FN2/c16-13-5-7-15(8-6-13)18-11-9-17(10-12-18)14-3-1-2-4-14/h1,3,5-8,14H,2,4,9-12H2. The molecule has 1 aromatic rings. The number of rotatable bonds is 2. The predicted octanol–water partition coefficient (Wildman–Crippen LogP) is 2.67. The molecule has 0 N–H and O–H groups in total. The maximum Gasteiger partial charge on any atom is 0.123 e. The Bertz CT molecular complexity index is 419. The van der Waals surface area contributed by atoms with E-state index in [0.717, 1.165) is 31.9 Å². The van der Waals surface area contributed by atoms with Crippen LogP contribution in [0.4, 0.5) is 10.1 Å². The van der Waals surface area contributed by atoms with E-state index in [1.807, 2.05) is 12.1 Å². The molecule has 1 aromatic carbocycles. The average Bonchev–Trinajstić information content (AvgIpc) is 2.94. The molecule has 0 amide bonds. The van der Waals surface area contributed by atoms with Crippen LogP contribution in [0.5, 0.6) is 0 Å².